The molecule has 0 aliphatic heterocycles. The van der Waals surface area contributed by atoms with E-state index in [2.05, 4.69) is 11.6 Å². The SMILES string of the molecule is C=CCn1c(SCCCS(=O)(=O)N(C)C)nc2ccccc2c1=O. The Kier molecular flexibility index (Phi) is 6.20. The first kappa shape index (κ1) is 18.7. The third-order valence-electron chi connectivity index (χ3n) is 3.47. The summed E-state index contributed by atoms with van der Waals surface area (Å²) in [5.74, 6) is 0.640. The predicted molar refractivity (Wildman–Crippen MR) is 99.0 cm³/mol. The van der Waals surface area contributed by atoms with E-state index in [1.165, 1.54) is 30.2 Å². The van der Waals surface area contributed by atoms with Crippen molar-refractivity contribution in [1.29, 1.82) is 0 Å². The van der Waals surface area contributed by atoms with Gasteiger partial charge in [0.15, 0.2) is 5.16 Å². The van der Waals surface area contributed by atoms with Crippen LogP contribution in [0.2, 0.25) is 0 Å². The highest BCUT2D eigenvalue weighted by atomic mass is 32.2. The molecule has 0 unspecified atom stereocenters. The predicted octanol–water partition coefficient (Wildman–Crippen LogP) is 1.96. The topological polar surface area (TPSA) is 72.3 Å². The minimum absolute atomic E-state index is 0.0757. The molecule has 0 fully saturated rings. The van der Waals surface area contributed by atoms with Gasteiger partial charge in [0, 0.05) is 26.4 Å². The number of benzene rings is 1. The molecule has 1 heterocycles. The molecule has 2 aromatic rings. The molecule has 1 aromatic heterocycles. The van der Waals surface area contributed by atoms with Gasteiger partial charge in [0.1, 0.15) is 0 Å². The van der Waals surface area contributed by atoms with Crippen molar-refractivity contribution in [2.75, 3.05) is 25.6 Å². The number of thioether (sulfide) groups is 1. The van der Waals surface area contributed by atoms with Gasteiger partial charge in [-0.2, -0.15) is 0 Å². The average molecular weight is 367 g/mol. The molecule has 24 heavy (non-hydrogen) atoms. The van der Waals surface area contributed by atoms with E-state index < -0.39 is 10.0 Å². The molecule has 0 bridgehead atoms. The van der Waals surface area contributed by atoms with E-state index in [0.717, 1.165) is 0 Å². The molecule has 6 nitrogen and oxygen atoms in total. The smallest absolute Gasteiger partial charge is 0.262 e. The fourth-order valence-corrected chi connectivity index (χ4v) is 4.14. The van der Waals surface area contributed by atoms with Crippen molar-refractivity contribution < 1.29 is 8.42 Å². The summed E-state index contributed by atoms with van der Waals surface area (Å²) in [6.07, 6.45) is 2.14. The molecule has 2 rings (SSSR count). The summed E-state index contributed by atoms with van der Waals surface area (Å²) in [6, 6.07) is 7.20. The van der Waals surface area contributed by atoms with E-state index in [0.29, 0.717) is 34.8 Å². The summed E-state index contributed by atoms with van der Waals surface area (Å²) in [7, 11) is -0.155. The number of hydrogen-bond acceptors (Lipinski definition) is 5. The van der Waals surface area contributed by atoms with Crippen LogP contribution in [0.15, 0.2) is 46.9 Å². The van der Waals surface area contributed by atoms with E-state index in [1.807, 2.05) is 12.1 Å². The Bertz CT molecular complexity index is 889. The Morgan fingerprint density at radius 2 is 2.04 bits per heavy atom. The van der Waals surface area contributed by atoms with Crippen LogP contribution in [0.5, 0.6) is 0 Å². The fraction of sp³-hybridized carbons (Fsp3) is 0.375. The van der Waals surface area contributed by atoms with Crippen LogP contribution in [0.4, 0.5) is 0 Å². The van der Waals surface area contributed by atoms with Gasteiger partial charge in [0.25, 0.3) is 5.56 Å². The minimum atomic E-state index is -3.20. The van der Waals surface area contributed by atoms with Crippen molar-refractivity contribution in [2.24, 2.45) is 0 Å². The molecule has 0 aliphatic rings. The molecular weight excluding hydrogens is 346 g/mol. The number of nitrogens with zero attached hydrogens (tertiary/aromatic N) is 3. The standard InChI is InChI=1S/C16H21N3O3S2/c1-4-10-19-15(20)13-8-5-6-9-14(13)17-16(19)23-11-7-12-24(21,22)18(2)3/h4-6,8-9H,1,7,10-12H2,2-3H3. The first-order valence-corrected chi connectivity index (χ1v) is 10.1. The average Bonchev–Trinajstić information content (AvgIpc) is 2.54. The zero-order valence-corrected chi connectivity index (χ0v) is 15.4. The van der Waals surface area contributed by atoms with Gasteiger partial charge in [-0.3, -0.25) is 9.36 Å². The quantitative estimate of drug-likeness (QED) is 0.309. The monoisotopic (exact) mass is 367 g/mol. The number of hydrogen-bond donors (Lipinski definition) is 0. The number of para-hydroxylation sites is 1. The second kappa shape index (κ2) is 7.96. The van der Waals surface area contributed by atoms with Gasteiger partial charge in [-0.05, 0) is 18.6 Å². The molecule has 8 heteroatoms. The van der Waals surface area contributed by atoms with Gasteiger partial charge in [-0.1, -0.05) is 30.0 Å². The zero-order chi connectivity index (χ0) is 17.7. The second-order valence-electron chi connectivity index (χ2n) is 5.42. The molecule has 0 N–H and O–H groups in total. The highest BCUT2D eigenvalue weighted by molar-refractivity contribution is 7.99. The Morgan fingerprint density at radius 3 is 2.71 bits per heavy atom. The van der Waals surface area contributed by atoms with Gasteiger partial charge in [0.05, 0.1) is 16.7 Å². The number of allylic oxidation sites excluding steroid dienone is 1. The van der Waals surface area contributed by atoms with Crippen molar-refractivity contribution in [3.05, 3.63) is 47.3 Å². The van der Waals surface area contributed by atoms with E-state index >= 15 is 0 Å². The van der Waals surface area contributed by atoms with E-state index in [-0.39, 0.29) is 11.3 Å². The van der Waals surface area contributed by atoms with Gasteiger partial charge in [-0.25, -0.2) is 17.7 Å². The third-order valence-corrected chi connectivity index (χ3v) is 6.45. The first-order chi connectivity index (χ1) is 11.4. The van der Waals surface area contributed by atoms with Gasteiger partial charge < -0.3 is 0 Å². The molecular formula is C16H21N3O3S2. The molecule has 0 amide bonds. The first-order valence-electron chi connectivity index (χ1n) is 7.50. The Morgan fingerprint density at radius 1 is 1.33 bits per heavy atom. The van der Waals surface area contributed by atoms with Crippen LogP contribution in [0, 0.1) is 0 Å². The maximum absolute atomic E-state index is 12.6. The molecule has 0 spiro atoms. The highest BCUT2D eigenvalue weighted by Gasteiger charge is 2.14. The fourth-order valence-electron chi connectivity index (χ4n) is 2.14. The van der Waals surface area contributed by atoms with E-state index in [1.54, 1.807) is 22.8 Å². The van der Waals surface area contributed by atoms with Crippen LogP contribution in [0.25, 0.3) is 10.9 Å². The summed E-state index contributed by atoms with van der Waals surface area (Å²) in [6.45, 7) is 4.05. The molecule has 130 valence electrons. The van der Waals surface area contributed by atoms with Crippen LogP contribution in [0.3, 0.4) is 0 Å². The van der Waals surface area contributed by atoms with Gasteiger partial charge in [0.2, 0.25) is 10.0 Å². The molecule has 0 saturated heterocycles. The summed E-state index contributed by atoms with van der Waals surface area (Å²) in [5, 5.41) is 1.15. The number of rotatable bonds is 8. The largest absolute Gasteiger partial charge is 0.283 e. The van der Waals surface area contributed by atoms with Crippen LogP contribution < -0.4 is 5.56 Å². The zero-order valence-electron chi connectivity index (χ0n) is 13.8. The minimum Gasteiger partial charge on any atom is -0.283 e. The van der Waals surface area contributed by atoms with Crippen molar-refractivity contribution >= 4 is 32.7 Å². The lowest BCUT2D eigenvalue weighted by molar-refractivity contribution is 0.520. The van der Waals surface area contributed by atoms with Gasteiger partial charge >= 0.3 is 0 Å². The Hall–Kier alpha value is -1.64. The van der Waals surface area contributed by atoms with Crippen LogP contribution >= 0.6 is 11.8 Å². The van der Waals surface area contributed by atoms with E-state index in [9.17, 15) is 13.2 Å². The van der Waals surface area contributed by atoms with Gasteiger partial charge in [-0.15, -0.1) is 6.58 Å². The lowest BCUT2D eigenvalue weighted by Crippen LogP contribution is -2.25. The second-order valence-corrected chi connectivity index (χ2v) is 8.78. The molecule has 0 atom stereocenters. The summed E-state index contributed by atoms with van der Waals surface area (Å²) >= 11 is 1.39. The molecule has 0 saturated carbocycles. The number of aromatic nitrogens is 2. The van der Waals surface area contributed by atoms with Crippen molar-refractivity contribution in [3.8, 4) is 0 Å². The van der Waals surface area contributed by atoms with E-state index in [4.69, 9.17) is 0 Å². The van der Waals surface area contributed by atoms with Crippen molar-refractivity contribution in [1.82, 2.24) is 13.9 Å². The lowest BCUT2D eigenvalue weighted by atomic mass is 10.2. The summed E-state index contributed by atoms with van der Waals surface area (Å²) < 4.78 is 26.3. The highest BCUT2D eigenvalue weighted by Crippen LogP contribution is 2.19. The Balaban J connectivity index is 2.20. The summed E-state index contributed by atoms with van der Waals surface area (Å²) in [5.41, 5.74) is 0.537. The Labute approximate surface area is 146 Å². The maximum atomic E-state index is 12.6. The molecule has 0 aliphatic carbocycles. The molecule has 0 radical (unpaired) electrons. The van der Waals surface area contributed by atoms with Crippen LogP contribution in [-0.2, 0) is 16.6 Å². The molecule has 1 aromatic carbocycles. The third kappa shape index (κ3) is 4.25. The normalized spacial score (nSPS) is 12.0. The van der Waals surface area contributed by atoms with Crippen LogP contribution in [0.1, 0.15) is 6.42 Å². The van der Waals surface area contributed by atoms with Crippen molar-refractivity contribution in [3.63, 3.8) is 0 Å². The number of fused-ring (bicyclic) bond motifs is 1. The maximum Gasteiger partial charge on any atom is 0.262 e. The van der Waals surface area contributed by atoms with Crippen LogP contribution in [-0.4, -0.2) is 47.9 Å². The number of sulfonamides is 1. The summed E-state index contributed by atoms with van der Waals surface area (Å²) in [4.78, 5) is 17.1. The van der Waals surface area contributed by atoms with Crippen molar-refractivity contribution in [2.45, 2.75) is 18.1 Å². The lowest BCUT2D eigenvalue weighted by Gasteiger charge is -2.12.